The predicted octanol–water partition coefficient (Wildman–Crippen LogP) is 4.14. The van der Waals surface area contributed by atoms with Gasteiger partial charge in [0.15, 0.2) is 0 Å². The van der Waals surface area contributed by atoms with Crippen molar-refractivity contribution in [2.75, 3.05) is 5.32 Å². The minimum Gasteiger partial charge on any atom is -0.355 e. The van der Waals surface area contributed by atoms with Gasteiger partial charge in [-0.2, -0.15) is 8.42 Å². The molecule has 3 aromatic carbocycles. The highest BCUT2D eigenvalue weighted by Crippen LogP contribution is 2.29. The number of rotatable bonds is 3. The first kappa shape index (κ1) is 14.6. The minimum atomic E-state index is -4.18. The van der Waals surface area contributed by atoms with Crippen molar-refractivity contribution in [3.8, 4) is 0 Å². The Bertz CT molecular complexity index is 935. The maximum Gasteiger partial charge on any atom is 0.294 e. The first-order valence-corrected chi connectivity index (χ1v) is 8.22. The van der Waals surface area contributed by atoms with E-state index in [9.17, 15) is 8.42 Å². The van der Waals surface area contributed by atoms with Gasteiger partial charge in [0.2, 0.25) is 0 Å². The summed E-state index contributed by atoms with van der Waals surface area (Å²) in [7, 11) is -4.18. The van der Waals surface area contributed by atoms with Crippen LogP contribution < -0.4 is 5.32 Å². The topological polar surface area (TPSA) is 66.4 Å². The average molecular weight is 313 g/mol. The van der Waals surface area contributed by atoms with E-state index in [-0.39, 0.29) is 4.90 Å². The summed E-state index contributed by atoms with van der Waals surface area (Å²) >= 11 is 0. The second-order valence-electron chi connectivity index (χ2n) is 5.09. The number of nitrogens with one attached hydrogen (secondary N) is 1. The Hall–Kier alpha value is -2.37. The van der Waals surface area contributed by atoms with Gasteiger partial charge in [0.25, 0.3) is 10.1 Å². The Morgan fingerprint density at radius 1 is 0.955 bits per heavy atom. The number of benzene rings is 3. The molecule has 3 rings (SSSR count). The lowest BCUT2D eigenvalue weighted by Crippen LogP contribution is -1.98. The maximum absolute atomic E-state index is 11.2. The van der Waals surface area contributed by atoms with E-state index in [0.29, 0.717) is 0 Å². The molecule has 0 saturated carbocycles. The standard InChI is InChI=1S/C17H15NO3S/c1-12-16-9-8-15(22(19,20)21)11-13(16)7-10-17(12)18-14-5-3-2-4-6-14/h2-11,18H,1H3,(H,19,20,21). The van der Waals surface area contributed by atoms with Gasteiger partial charge in [-0.25, -0.2) is 0 Å². The van der Waals surface area contributed by atoms with Crippen molar-refractivity contribution in [3.63, 3.8) is 0 Å². The molecular formula is C17H15NO3S. The summed E-state index contributed by atoms with van der Waals surface area (Å²) < 4.78 is 31.6. The van der Waals surface area contributed by atoms with Gasteiger partial charge in [-0.15, -0.1) is 0 Å². The van der Waals surface area contributed by atoms with E-state index in [1.54, 1.807) is 6.07 Å². The molecule has 0 saturated heterocycles. The zero-order chi connectivity index (χ0) is 15.7. The quantitative estimate of drug-likeness (QED) is 0.713. The van der Waals surface area contributed by atoms with Crippen LogP contribution in [0.5, 0.6) is 0 Å². The fourth-order valence-corrected chi connectivity index (χ4v) is 2.95. The minimum absolute atomic E-state index is 0.0943. The van der Waals surface area contributed by atoms with Gasteiger partial charge in [0, 0.05) is 11.4 Å². The summed E-state index contributed by atoms with van der Waals surface area (Å²) in [6.45, 7) is 1.97. The molecule has 0 aliphatic rings. The third kappa shape index (κ3) is 2.81. The molecule has 0 fully saturated rings. The normalized spacial score (nSPS) is 11.5. The van der Waals surface area contributed by atoms with Gasteiger partial charge in [-0.3, -0.25) is 4.55 Å². The molecule has 5 heteroatoms. The Morgan fingerprint density at radius 3 is 2.36 bits per heavy atom. The lowest BCUT2D eigenvalue weighted by molar-refractivity contribution is 0.483. The van der Waals surface area contributed by atoms with Crippen LogP contribution in [0.25, 0.3) is 10.8 Å². The predicted molar refractivity (Wildman–Crippen MR) is 88.2 cm³/mol. The molecule has 0 radical (unpaired) electrons. The van der Waals surface area contributed by atoms with Crippen LogP contribution in [-0.4, -0.2) is 13.0 Å². The summed E-state index contributed by atoms with van der Waals surface area (Å²) in [4.78, 5) is -0.0943. The van der Waals surface area contributed by atoms with Crippen LogP contribution in [0, 0.1) is 6.92 Å². The molecule has 0 aliphatic carbocycles. The lowest BCUT2D eigenvalue weighted by Gasteiger charge is -2.12. The van der Waals surface area contributed by atoms with Gasteiger partial charge >= 0.3 is 0 Å². The summed E-state index contributed by atoms with van der Waals surface area (Å²) in [6, 6.07) is 18.2. The zero-order valence-corrected chi connectivity index (χ0v) is 12.8. The van der Waals surface area contributed by atoms with Crippen LogP contribution in [0.4, 0.5) is 11.4 Å². The number of para-hydroxylation sites is 1. The van der Waals surface area contributed by atoms with E-state index in [1.807, 2.05) is 49.4 Å². The van der Waals surface area contributed by atoms with E-state index < -0.39 is 10.1 Å². The highest BCUT2D eigenvalue weighted by molar-refractivity contribution is 7.85. The Kier molecular flexibility index (Phi) is 3.60. The van der Waals surface area contributed by atoms with Gasteiger partial charge in [0.1, 0.15) is 0 Å². The van der Waals surface area contributed by atoms with E-state index in [2.05, 4.69) is 5.32 Å². The highest BCUT2D eigenvalue weighted by atomic mass is 32.2. The van der Waals surface area contributed by atoms with Crippen LogP contribution in [0.1, 0.15) is 5.56 Å². The zero-order valence-electron chi connectivity index (χ0n) is 11.9. The molecule has 0 aliphatic heterocycles. The SMILES string of the molecule is Cc1c(Nc2ccccc2)ccc2cc(S(=O)(=O)O)ccc12. The Balaban J connectivity index is 2.07. The van der Waals surface area contributed by atoms with E-state index in [1.165, 1.54) is 12.1 Å². The van der Waals surface area contributed by atoms with Crippen molar-refractivity contribution in [2.24, 2.45) is 0 Å². The molecule has 0 amide bonds. The Morgan fingerprint density at radius 2 is 1.68 bits per heavy atom. The second kappa shape index (κ2) is 5.44. The van der Waals surface area contributed by atoms with Crippen molar-refractivity contribution in [2.45, 2.75) is 11.8 Å². The monoisotopic (exact) mass is 313 g/mol. The van der Waals surface area contributed by atoms with Gasteiger partial charge in [0.05, 0.1) is 4.90 Å². The molecule has 22 heavy (non-hydrogen) atoms. The largest absolute Gasteiger partial charge is 0.355 e. The number of anilines is 2. The van der Waals surface area contributed by atoms with Crippen LogP contribution in [-0.2, 0) is 10.1 Å². The highest BCUT2D eigenvalue weighted by Gasteiger charge is 2.11. The number of hydrogen-bond acceptors (Lipinski definition) is 3. The molecule has 0 spiro atoms. The van der Waals surface area contributed by atoms with Crippen molar-refractivity contribution in [1.82, 2.24) is 0 Å². The smallest absolute Gasteiger partial charge is 0.294 e. The molecule has 0 atom stereocenters. The first-order chi connectivity index (χ1) is 10.4. The van der Waals surface area contributed by atoms with E-state index >= 15 is 0 Å². The van der Waals surface area contributed by atoms with Crippen LogP contribution in [0.3, 0.4) is 0 Å². The van der Waals surface area contributed by atoms with E-state index in [0.717, 1.165) is 27.7 Å². The van der Waals surface area contributed by atoms with Gasteiger partial charge < -0.3 is 5.32 Å². The molecule has 2 N–H and O–H groups in total. The van der Waals surface area contributed by atoms with Crippen molar-refractivity contribution >= 4 is 32.3 Å². The van der Waals surface area contributed by atoms with Gasteiger partial charge in [-0.05, 0) is 53.6 Å². The fourth-order valence-electron chi connectivity index (χ4n) is 2.44. The van der Waals surface area contributed by atoms with Crippen molar-refractivity contribution < 1.29 is 13.0 Å². The summed E-state index contributed by atoms with van der Waals surface area (Å²) in [5.41, 5.74) is 2.96. The summed E-state index contributed by atoms with van der Waals surface area (Å²) in [6.07, 6.45) is 0. The van der Waals surface area contributed by atoms with Crippen LogP contribution in [0.2, 0.25) is 0 Å². The molecule has 0 unspecified atom stereocenters. The molecular weight excluding hydrogens is 298 g/mol. The lowest BCUT2D eigenvalue weighted by atomic mass is 10.0. The van der Waals surface area contributed by atoms with Gasteiger partial charge in [-0.1, -0.05) is 30.3 Å². The summed E-state index contributed by atoms with van der Waals surface area (Å²) in [5.74, 6) is 0. The number of hydrogen-bond donors (Lipinski definition) is 2. The van der Waals surface area contributed by atoms with Crippen molar-refractivity contribution in [3.05, 3.63) is 66.2 Å². The second-order valence-corrected chi connectivity index (χ2v) is 6.51. The molecule has 0 heterocycles. The van der Waals surface area contributed by atoms with Crippen LogP contribution >= 0.6 is 0 Å². The Labute approximate surface area is 129 Å². The molecule has 3 aromatic rings. The molecule has 0 aromatic heterocycles. The third-order valence-corrected chi connectivity index (χ3v) is 4.46. The third-order valence-electron chi connectivity index (χ3n) is 3.61. The van der Waals surface area contributed by atoms with Crippen LogP contribution in [0.15, 0.2) is 65.6 Å². The first-order valence-electron chi connectivity index (χ1n) is 6.78. The molecule has 112 valence electrons. The number of fused-ring (bicyclic) bond motifs is 1. The fraction of sp³-hybridized carbons (Fsp3) is 0.0588. The average Bonchev–Trinajstić information content (AvgIpc) is 2.50. The number of aryl methyl sites for hydroxylation is 1. The molecule has 0 bridgehead atoms. The van der Waals surface area contributed by atoms with Crippen molar-refractivity contribution in [1.29, 1.82) is 0 Å². The molecule has 4 nitrogen and oxygen atoms in total. The maximum atomic E-state index is 11.2. The summed E-state index contributed by atoms with van der Waals surface area (Å²) in [5, 5.41) is 5.05. The van der Waals surface area contributed by atoms with E-state index in [4.69, 9.17) is 4.55 Å².